The summed E-state index contributed by atoms with van der Waals surface area (Å²) in [6.07, 6.45) is 2.35. The van der Waals surface area contributed by atoms with Crippen LogP contribution in [0.3, 0.4) is 0 Å². The maximum atomic E-state index is 6.23. The van der Waals surface area contributed by atoms with E-state index in [2.05, 4.69) is 53.8 Å². The first kappa shape index (κ1) is 15.0. The van der Waals surface area contributed by atoms with Gasteiger partial charge in [0, 0.05) is 6.04 Å². The van der Waals surface area contributed by atoms with Gasteiger partial charge < -0.3 is 10.1 Å². The van der Waals surface area contributed by atoms with Crippen LogP contribution in [0, 0.1) is 11.3 Å². The monoisotopic (exact) mass is 241 g/mol. The molecule has 2 unspecified atom stereocenters. The molecule has 0 aromatic heterocycles. The molecule has 0 aromatic rings. The molecule has 2 nitrogen and oxygen atoms in total. The van der Waals surface area contributed by atoms with Gasteiger partial charge >= 0.3 is 0 Å². The van der Waals surface area contributed by atoms with Crippen molar-refractivity contribution in [1.29, 1.82) is 0 Å². The molecule has 1 saturated heterocycles. The van der Waals surface area contributed by atoms with E-state index in [0.29, 0.717) is 17.4 Å². The summed E-state index contributed by atoms with van der Waals surface area (Å²) in [4.78, 5) is 0. The fourth-order valence-electron chi connectivity index (χ4n) is 3.81. The Morgan fingerprint density at radius 3 is 2.18 bits per heavy atom. The van der Waals surface area contributed by atoms with Crippen molar-refractivity contribution in [3.05, 3.63) is 0 Å². The first-order valence-electron chi connectivity index (χ1n) is 6.88. The predicted molar refractivity (Wildman–Crippen MR) is 74.3 cm³/mol. The molecular weight excluding hydrogens is 210 g/mol. The minimum absolute atomic E-state index is 0.0134. The molecule has 2 heteroatoms. The van der Waals surface area contributed by atoms with Gasteiger partial charge in [-0.2, -0.15) is 0 Å². The van der Waals surface area contributed by atoms with Crippen molar-refractivity contribution >= 4 is 0 Å². The Hall–Kier alpha value is -0.0800. The summed E-state index contributed by atoms with van der Waals surface area (Å²) in [6, 6.07) is 0.560. The van der Waals surface area contributed by atoms with Crippen LogP contribution in [0.5, 0.6) is 0 Å². The third-order valence-electron chi connectivity index (χ3n) is 4.34. The van der Waals surface area contributed by atoms with E-state index < -0.39 is 0 Å². The minimum Gasteiger partial charge on any atom is -0.369 e. The Morgan fingerprint density at radius 2 is 1.82 bits per heavy atom. The second kappa shape index (κ2) is 4.55. The first-order valence-corrected chi connectivity index (χ1v) is 6.88. The van der Waals surface area contributed by atoms with Gasteiger partial charge in [-0.05, 0) is 65.8 Å². The van der Waals surface area contributed by atoms with Crippen LogP contribution >= 0.6 is 0 Å². The average molecular weight is 241 g/mol. The van der Waals surface area contributed by atoms with E-state index in [1.807, 2.05) is 7.05 Å². The van der Waals surface area contributed by atoms with Crippen LogP contribution in [0.25, 0.3) is 0 Å². The highest BCUT2D eigenvalue weighted by molar-refractivity contribution is 5.00. The lowest BCUT2D eigenvalue weighted by molar-refractivity contribution is -0.0878. The van der Waals surface area contributed by atoms with E-state index in [1.165, 1.54) is 6.42 Å². The van der Waals surface area contributed by atoms with E-state index in [1.54, 1.807) is 0 Å². The van der Waals surface area contributed by atoms with Gasteiger partial charge in [0.2, 0.25) is 0 Å². The third-order valence-corrected chi connectivity index (χ3v) is 4.34. The Kier molecular flexibility index (Phi) is 4.01. The van der Waals surface area contributed by atoms with Crippen LogP contribution in [0.2, 0.25) is 0 Å². The smallest absolute Gasteiger partial charge is 0.0667 e. The van der Waals surface area contributed by atoms with E-state index in [-0.39, 0.29) is 11.2 Å². The van der Waals surface area contributed by atoms with E-state index in [9.17, 15) is 0 Å². The molecule has 2 atom stereocenters. The van der Waals surface area contributed by atoms with Gasteiger partial charge in [0.25, 0.3) is 0 Å². The van der Waals surface area contributed by atoms with Crippen molar-refractivity contribution in [3.8, 4) is 0 Å². The van der Waals surface area contributed by atoms with Crippen molar-refractivity contribution in [2.24, 2.45) is 11.3 Å². The van der Waals surface area contributed by atoms with Gasteiger partial charge in [0.15, 0.2) is 0 Å². The molecule has 0 radical (unpaired) electrons. The van der Waals surface area contributed by atoms with E-state index in [0.717, 1.165) is 6.42 Å². The molecule has 1 aliphatic rings. The largest absolute Gasteiger partial charge is 0.369 e. The van der Waals surface area contributed by atoms with Gasteiger partial charge in [-0.15, -0.1) is 0 Å². The zero-order valence-electron chi connectivity index (χ0n) is 13.0. The first-order chi connectivity index (χ1) is 7.50. The number of hydrogen-bond donors (Lipinski definition) is 1. The number of ether oxygens (including phenoxy) is 1. The summed E-state index contributed by atoms with van der Waals surface area (Å²) >= 11 is 0. The van der Waals surface area contributed by atoms with Gasteiger partial charge in [-0.25, -0.2) is 0 Å². The summed E-state index contributed by atoms with van der Waals surface area (Å²) in [6.45, 7) is 16.0. The quantitative estimate of drug-likeness (QED) is 0.812. The number of rotatable bonds is 4. The molecule has 17 heavy (non-hydrogen) atoms. The Labute approximate surface area is 108 Å². The molecule has 1 aliphatic heterocycles. The molecule has 1 heterocycles. The summed E-state index contributed by atoms with van der Waals surface area (Å²) in [5.41, 5.74) is 0.314. The van der Waals surface area contributed by atoms with Gasteiger partial charge in [-0.3, -0.25) is 0 Å². The van der Waals surface area contributed by atoms with Crippen molar-refractivity contribution < 1.29 is 4.74 Å². The number of nitrogens with one attached hydrogen (secondary N) is 1. The lowest BCUT2D eigenvalue weighted by Gasteiger charge is -2.40. The van der Waals surface area contributed by atoms with Crippen LogP contribution in [-0.2, 0) is 4.74 Å². The molecule has 102 valence electrons. The summed E-state index contributed by atoms with van der Waals surface area (Å²) in [5.74, 6) is 0.612. The van der Waals surface area contributed by atoms with Crippen molar-refractivity contribution in [1.82, 2.24) is 5.32 Å². The van der Waals surface area contributed by atoms with E-state index in [4.69, 9.17) is 4.74 Å². The van der Waals surface area contributed by atoms with Gasteiger partial charge in [0.1, 0.15) is 0 Å². The van der Waals surface area contributed by atoms with Crippen LogP contribution in [-0.4, -0.2) is 24.3 Å². The Morgan fingerprint density at radius 1 is 1.29 bits per heavy atom. The Bertz CT molecular complexity index is 268. The fourth-order valence-corrected chi connectivity index (χ4v) is 3.81. The maximum Gasteiger partial charge on any atom is 0.0667 e. The standard InChI is InChI=1S/C15H31NO/c1-11(16-8)9-13(2,3)12-10-14(4,5)17-15(12,6)7/h11-12,16H,9-10H2,1-8H3. The molecule has 1 fully saturated rings. The molecule has 0 bridgehead atoms. The summed E-state index contributed by atoms with van der Waals surface area (Å²) in [5, 5.41) is 3.35. The van der Waals surface area contributed by atoms with Crippen LogP contribution in [0.15, 0.2) is 0 Å². The summed E-state index contributed by atoms with van der Waals surface area (Å²) < 4.78 is 6.23. The van der Waals surface area contributed by atoms with E-state index >= 15 is 0 Å². The SMILES string of the molecule is CNC(C)CC(C)(C)C1CC(C)(C)OC1(C)C. The molecule has 0 aromatic carbocycles. The molecular formula is C15H31NO. The fraction of sp³-hybridized carbons (Fsp3) is 1.00. The van der Waals surface area contributed by atoms with Gasteiger partial charge in [0.05, 0.1) is 11.2 Å². The zero-order chi connectivity index (χ0) is 13.5. The third kappa shape index (κ3) is 3.45. The van der Waals surface area contributed by atoms with Crippen LogP contribution in [0.1, 0.15) is 61.3 Å². The zero-order valence-corrected chi connectivity index (χ0v) is 13.0. The highest BCUT2D eigenvalue weighted by Gasteiger charge is 2.51. The highest BCUT2D eigenvalue weighted by atomic mass is 16.5. The van der Waals surface area contributed by atoms with Crippen molar-refractivity contribution in [3.63, 3.8) is 0 Å². The average Bonchev–Trinajstić information content (AvgIpc) is 2.34. The predicted octanol–water partition coefficient (Wildman–Crippen LogP) is 3.60. The molecule has 0 spiro atoms. The molecule has 0 aliphatic carbocycles. The lowest BCUT2D eigenvalue weighted by Crippen LogP contribution is -2.41. The minimum atomic E-state index is -0.0134. The maximum absolute atomic E-state index is 6.23. The molecule has 0 amide bonds. The molecule has 1 N–H and O–H groups in total. The second-order valence-corrected chi connectivity index (χ2v) is 7.60. The summed E-state index contributed by atoms with van der Waals surface area (Å²) in [7, 11) is 2.04. The lowest BCUT2D eigenvalue weighted by atomic mass is 9.66. The highest BCUT2D eigenvalue weighted by Crippen LogP contribution is 2.51. The topological polar surface area (TPSA) is 21.3 Å². The van der Waals surface area contributed by atoms with Crippen LogP contribution in [0.4, 0.5) is 0 Å². The van der Waals surface area contributed by atoms with Crippen molar-refractivity contribution in [2.45, 2.75) is 78.6 Å². The normalized spacial score (nSPS) is 29.3. The van der Waals surface area contributed by atoms with Crippen LogP contribution < -0.4 is 5.32 Å². The van der Waals surface area contributed by atoms with Crippen molar-refractivity contribution in [2.75, 3.05) is 7.05 Å². The second-order valence-electron chi connectivity index (χ2n) is 7.60. The van der Waals surface area contributed by atoms with Gasteiger partial charge in [-0.1, -0.05) is 13.8 Å². The Balaban J connectivity index is 2.84. The number of hydrogen-bond acceptors (Lipinski definition) is 2. The molecule has 0 saturated carbocycles. The molecule has 1 rings (SSSR count).